The minimum Gasteiger partial charge on any atom is -0.497 e. The van der Waals surface area contributed by atoms with Crippen LogP contribution in [0.15, 0.2) is 29.1 Å². The number of morpholine rings is 1. The van der Waals surface area contributed by atoms with Crippen molar-refractivity contribution in [3.05, 3.63) is 40.2 Å². The average Bonchev–Trinajstić information content (AvgIpc) is 3.36. The second kappa shape index (κ2) is 11.8. The number of methoxy groups -OCH3 is 1. The third-order valence-electron chi connectivity index (χ3n) is 6.29. The quantitative estimate of drug-likeness (QED) is 0.535. The Morgan fingerprint density at radius 1 is 1.30 bits per heavy atom. The predicted octanol–water partition coefficient (Wildman–Crippen LogP) is 2.11. The highest BCUT2D eigenvalue weighted by molar-refractivity contribution is 7.80. The lowest BCUT2D eigenvalue weighted by Crippen LogP contribution is -2.44. The number of hydrogen-bond donors (Lipinski definition) is 2. The number of aromatic amines is 1. The predicted molar refractivity (Wildman–Crippen MR) is 133 cm³/mol. The number of thiocarbonyl (C=S) groups is 1. The highest BCUT2D eigenvalue weighted by atomic mass is 32.1. The summed E-state index contributed by atoms with van der Waals surface area (Å²) >= 11 is 5.75. The number of benzene rings is 1. The standard InChI is InChI=1S/C24H34N4O4S/c1-30-20-5-6-22-18(15-20)14-19(23(29)26-22)17-28(8-3-7-27-9-12-31-13-10-27)24(33)25-16-21-4-2-11-32-21/h5-6,14-15,21H,2-4,7-13,16-17H2,1H3,(H,25,33)(H,26,29)/t21-/m0/s1. The van der Waals surface area contributed by atoms with Crippen molar-refractivity contribution in [3.63, 3.8) is 0 Å². The minimum atomic E-state index is -0.0900. The SMILES string of the molecule is COc1ccc2[nH]c(=O)c(CN(CCCN3CCOCC3)C(=S)NC[C@@H]3CCCO3)cc2c1. The molecule has 33 heavy (non-hydrogen) atoms. The zero-order valence-electron chi connectivity index (χ0n) is 19.3. The summed E-state index contributed by atoms with van der Waals surface area (Å²) in [5.74, 6) is 0.761. The summed E-state index contributed by atoms with van der Waals surface area (Å²) < 4.78 is 16.5. The van der Waals surface area contributed by atoms with E-state index in [-0.39, 0.29) is 11.7 Å². The first-order valence-corrected chi connectivity index (χ1v) is 12.2. The van der Waals surface area contributed by atoms with Crippen molar-refractivity contribution in [2.24, 2.45) is 0 Å². The number of ether oxygens (including phenoxy) is 3. The normalized spacial score (nSPS) is 19.0. The zero-order chi connectivity index (χ0) is 23.0. The van der Waals surface area contributed by atoms with Gasteiger partial charge < -0.3 is 29.4 Å². The Morgan fingerprint density at radius 3 is 2.91 bits per heavy atom. The maximum atomic E-state index is 12.8. The van der Waals surface area contributed by atoms with E-state index in [1.807, 2.05) is 24.3 Å². The van der Waals surface area contributed by atoms with E-state index in [2.05, 4.69) is 20.1 Å². The number of aromatic nitrogens is 1. The number of pyridine rings is 1. The summed E-state index contributed by atoms with van der Waals surface area (Å²) in [6, 6.07) is 7.59. The molecule has 0 unspecified atom stereocenters. The lowest BCUT2D eigenvalue weighted by Gasteiger charge is -2.30. The average molecular weight is 475 g/mol. The lowest BCUT2D eigenvalue weighted by atomic mass is 10.1. The largest absolute Gasteiger partial charge is 0.497 e. The summed E-state index contributed by atoms with van der Waals surface area (Å²) in [5.41, 5.74) is 1.39. The van der Waals surface area contributed by atoms with Crippen LogP contribution < -0.4 is 15.6 Å². The molecule has 0 amide bonds. The van der Waals surface area contributed by atoms with Crippen LogP contribution in [0.5, 0.6) is 5.75 Å². The first-order chi connectivity index (χ1) is 16.1. The minimum absolute atomic E-state index is 0.0900. The Bertz CT molecular complexity index is 986. The molecule has 180 valence electrons. The highest BCUT2D eigenvalue weighted by Crippen LogP contribution is 2.19. The molecule has 0 bridgehead atoms. The molecule has 2 aliphatic heterocycles. The summed E-state index contributed by atoms with van der Waals surface area (Å²) in [7, 11) is 1.64. The van der Waals surface area contributed by atoms with E-state index >= 15 is 0 Å². The third kappa shape index (κ3) is 6.66. The van der Waals surface area contributed by atoms with Crippen LogP contribution in [0, 0.1) is 0 Å². The van der Waals surface area contributed by atoms with Crippen LogP contribution in [0.3, 0.4) is 0 Å². The van der Waals surface area contributed by atoms with Crippen LogP contribution in [0.4, 0.5) is 0 Å². The topological polar surface area (TPSA) is 79.1 Å². The summed E-state index contributed by atoms with van der Waals surface area (Å²) in [6.45, 7) is 7.24. The Kier molecular flexibility index (Phi) is 8.55. The summed E-state index contributed by atoms with van der Waals surface area (Å²) in [4.78, 5) is 20.3. The van der Waals surface area contributed by atoms with Crippen molar-refractivity contribution in [1.29, 1.82) is 0 Å². The van der Waals surface area contributed by atoms with E-state index in [9.17, 15) is 4.79 Å². The van der Waals surface area contributed by atoms with Crippen molar-refractivity contribution < 1.29 is 14.2 Å². The van der Waals surface area contributed by atoms with Gasteiger partial charge in [0.15, 0.2) is 5.11 Å². The van der Waals surface area contributed by atoms with E-state index < -0.39 is 0 Å². The molecule has 0 saturated carbocycles. The van der Waals surface area contributed by atoms with Gasteiger partial charge in [0.1, 0.15) is 5.75 Å². The van der Waals surface area contributed by atoms with Crippen molar-refractivity contribution in [2.75, 3.05) is 59.7 Å². The van der Waals surface area contributed by atoms with E-state index in [1.165, 1.54) is 0 Å². The second-order valence-electron chi connectivity index (χ2n) is 8.63. The number of fused-ring (bicyclic) bond motifs is 1. The van der Waals surface area contributed by atoms with E-state index in [0.717, 1.165) is 81.9 Å². The summed E-state index contributed by atoms with van der Waals surface area (Å²) in [6.07, 6.45) is 3.31. The molecule has 3 heterocycles. The van der Waals surface area contributed by atoms with Crippen LogP contribution in [-0.4, -0.2) is 85.7 Å². The molecular weight excluding hydrogens is 440 g/mol. The molecular formula is C24H34N4O4S. The Hall–Kier alpha value is -2.20. The summed E-state index contributed by atoms with van der Waals surface area (Å²) in [5, 5.41) is 4.98. The van der Waals surface area contributed by atoms with Gasteiger partial charge in [-0.2, -0.15) is 0 Å². The van der Waals surface area contributed by atoms with Crippen LogP contribution in [0.2, 0.25) is 0 Å². The van der Waals surface area contributed by atoms with Gasteiger partial charge in [-0.3, -0.25) is 9.69 Å². The van der Waals surface area contributed by atoms with Gasteiger partial charge in [-0.1, -0.05) is 0 Å². The smallest absolute Gasteiger partial charge is 0.253 e. The molecule has 1 aromatic carbocycles. The fourth-order valence-electron chi connectivity index (χ4n) is 4.36. The Balaban J connectivity index is 1.45. The maximum Gasteiger partial charge on any atom is 0.253 e. The van der Waals surface area contributed by atoms with Crippen molar-refractivity contribution in [3.8, 4) is 5.75 Å². The number of nitrogens with one attached hydrogen (secondary N) is 2. The molecule has 4 rings (SSSR count). The van der Waals surface area contributed by atoms with Gasteiger partial charge in [0.05, 0.1) is 33.0 Å². The molecule has 0 spiro atoms. The first kappa shape index (κ1) is 23.9. The second-order valence-corrected chi connectivity index (χ2v) is 9.01. The Morgan fingerprint density at radius 2 is 2.15 bits per heavy atom. The molecule has 2 saturated heterocycles. The zero-order valence-corrected chi connectivity index (χ0v) is 20.1. The van der Waals surface area contributed by atoms with Crippen molar-refractivity contribution >= 4 is 28.2 Å². The van der Waals surface area contributed by atoms with Crippen LogP contribution in [0.1, 0.15) is 24.8 Å². The highest BCUT2D eigenvalue weighted by Gasteiger charge is 2.19. The Labute approximate surface area is 200 Å². The van der Waals surface area contributed by atoms with Gasteiger partial charge in [-0.05, 0) is 55.7 Å². The molecule has 8 nitrogen and oxygen atoms in total. The molecule has 1 atom stereocenters. The number of nitrogens with zero attached hydrogens (tertiary/aromatic N) is 2. The molecule has 9 heteroatoms. The fourth-order valence-corrected chi connectivity index (χ4v) is 4.60. The molecule has 2 N–H and O–H groups in total. The van der Waals surface area contributed by atoms with Gasteiger partial charge in [-0.25, -0.2) is 0 Å². The van der Waals surface area contributed by atoms with Gasteiger partial charge >= 0.3 is 0 Å². The third-order valence-corrected chi connectivity index (χ3v) is 6.69. The van der Waals surface area contributed by atoms with Crippen LogP contribution in [0.25, 0.3) is 10.9 Å². The molecule has 2 aromatic rings. The van der Waals surface area contributed by atoms with Gasteiger partial charge in [0.2, 0.25) is 0 Å². The number of H-pyrrole nitrogens is 1. The number of rotatable bonds is 9. The van der Waals surface area contributed by atoms with Crippen molar-refractivity contribution in [1.82, 2.24) is 20.1 Å². The van der Waals surface area contributed by atoms with Crippen LogP contribution >= 0.6 is 12.2 Å². The molecule has 0 radical (unpaired) electrons. The van der Waals surface area contributed by atoms with E-state index in [4.69, 9.17) is 26.4 Å². The lowest BCUT2D eigenvalue weighted by molar-refractivity contribution is 0.0367. The van der Waals surface area contributed by atoms with Crippen LogP contribution in [-0.2, 0) is 16.0 Å². The first-order valence-electron chi connectivity index (χ1n) is 11.8. The number of hydrogen-bond acceptors (Lipinski definition) is 6. The van der Waals surface area contributed by atoms with E-state index in [0.29, 0.717) is 23.8 Å². The molecule has 2 aliphatic rings. The van der Waals surface area contributed by atoms with E-state index in [1.54, 1.807) is 7.11 Å². The van der Waals surface area contributed by atoms with Gasteiger partial charge in [0.25, 0.3) is 5.56 Å². The van der Waals surface area contributed by atoms with Crippen molar-refractivity contribution in [2.45, 2.75) is 31.9 Å². The molecule has 0 aliphatic carbocycles. The molecule has 1 aromatic heterocycles. The molecule has 2 fully saturated rings. The van der Waals surface area contributed by atoms with Gasteiger partial charge in [0, 0.05) is 55.8 Å². The fraction of sp³-hybridized carbons (Fsp3) is 0.583. The monoisotopic (exact) mass is 474 g/mol. The van der Waals surface area contributed by atoms with Gasteiger partial charge in [-0.15, -0.1) is 0 Å². The maximum absolute atomic E-state index is 12.8.